The lowest BCUT2D eigenvalue weighted by Gasteiger charge is -2.18. The maximum absolute atomic E-state index is 11.4. The molecule has 3 nitrogen and oxygen atoms in total. The largest absolute Gasteiger partial charge is 0.460 e. The minimum atomic E-state index is -0.911. The van der Waals surface area contributed by atoms with E-state index >= 15 is 0 Å². The zero-order chi connectivity index (χ0) is 15.8. The summed E-state index contributed by atoms with van der Waals surface area (Å²) < 4.78 is 11.1. The van der Waals surface area contributed by atoms with Gasteiger partial charge in [0.25, 0.3) is 0 Å². The van der Waals surface area contributed by atoms with E-state index in [-0.39, 0.29) is 12.6 Å². The first-order valence-electron chi connectivity index (χ1n) is 7.04. The first kappa shape index (κ1) is 16.4. The van der Waals surface area contributed by atoms with Gasteiger partial charge in [-0.15, -0.1) is 0 Å². The lowest BCUT2D eigenvalue weighted by molar-refractivity contribution is -0.139. The third kappa shape index (κ3) is 4.80. The predicted molar refractivity (Wildman–Crippen MR) is 90.8 cm³/mol. The van der Waals surface area contributed by atoms with Crippen LogP contribution < -0.4 is 10.6 Å². The van der Waals surface area contributed by atoms with Gasteiger partial charge in [0.2, 0.25) is 0 Å². The van der Waals surface area contributed by atoms with E-state index in [2.05, 4.69) is 30.8 Å². The molecule has 0 spiro atoms. The van der Waals surface area contributed by atoms with Crippen LogP contribution in [0, 0.1) is 0 Å². The van der Waals surface area contributed by atoms with Crippen LogP contribution in [-0.4, -0.2) is 19.2 Å². The van der Waals surface area contributed by atoms with Gasteiger partial charge >= 0.3 is 5.97 Å². The molecule has 0 heterocycles. The van der Waals surface area contributed by atoms with Crippen molar-refractivity contribution in [3.63, 3.8) is 0 Å². The number of hydrogen-bond donors (Lipinski definition) is 0. The fourth-order valence-corrected chi connectivity index (χ4v) is 3.55. The predicted octanol–water partition coefficient (Wildman–Crippen LogP) is 3.17. The molecule has 4 heteroatoms. The summed E-state index contributed by atoms with van der Waals surface area (Å²) in [5.74, 6) is -0.382. The second-order valence-corrected chi connectivity index (χ2v) is 6.59. The van der Waals surface area contributed by atoms with Gasteiger partial charge in [0.15, 0.2) is 0 Å². The van der Waals surface area contributed by atoms with Crippen LogP contribution in [0.4, 0.5) is 0 Å². The van der Waals surface area contributed by atoms with Crippen molar-refractivity contribution < 1.29 is 14.1 Å². The summed E-state index contributed by atoms with van der Waals surface area (Å²) in [6, 6.07) is 20.2. The summed E-state index contributed by atoms with van der Waals surface area (Å²) in [6.07, 6.45) is 0. The maximum atomic E-state index is 11.4. The third-order valence-corrected chi connectivity index (χ3v) is 4.84. The first-order chi connectivity index (χ1) is 10.7. The molecule has 0 bridgehead atoms. The van der Waals surface area contributed by atoms with Crippen molar-refractivity contribution in [2.24, 2.45) is 0 Å². The van der Waals surface area contributed by atoms with Crippen LogP contribution in [-0.2, 0) is 14.1 Å². The molecule has 0 aromatic heterocycles. The van der Waals surface area contributed by atoms with Crippen LogP contribution in [0.25, 0.3) is 0 Å². The summed E-state index contributed by atoms with van der Waals surface area (Å²) >= 11 is 0. The summed E-state index contributed by atoms with van der Waals surface area (Å²) in [5.41, 5.74) is 0.397. The lowest BCUT2D eigenvalue weighted by Crippen LogP contribution is -2.16. The van der Waals surface area contributed by atoms with Crippen molar-refractivity contribution in [2.45, 2.75) is 6.92 Å². The van der Waals surface area contributed by atoms with Gasteiger partial charge in [-0.3, -0.25) is 0 Å². The van der Waals surface area contributed by atoms with Crippen molar-refractivity contribution in [1.82, 2.24) is 0 Å². The normalized spacial score (nSPS) is 10.5. The van der Waals surface area contributed by atoms with E-state index in [4.69, 9.17) is 9.26 Å². The minimum absolute atomic E-state index is 0.226. The highest BCUT2D eigenvalue weighted by atomic mass is 31.1. The Morgan fingerprint density at radius 3 is 1.91 bits per heavy atom. The van der Waals surface area contributed by atoms with Gasteiger partial charge < -0.3 is 9.26 Å². The maximum Gasteiger partial charge on any atom is 0.333 e. The highest BCUT2D eigenvalue weighted by Crippen LogP contribution is 2.34. The lowest BCUT2D eigenvalue weighted by atomic mass is 10.4. The van der Waals surface area contributed by atoms with E-state index in [0.717, 1.165) is 10.6 Å². The summed E-state index contributed by atoms with van der Waals surface area (Å²) in [7, 11) is -0.911. The Kier molecular flexibility index (Phi) is 6.32. The number of carbonyl (C=O) groups excluding carboxylic acids is 1. The Bertz CT molecular complexity index is 571. The number of carbonyl (C=O) groups is 1. The number of esters is 1. The quantitative estimate of drug-likeness (QED) is 0.341. The van der Waals surface area contributed by atoms with E-state index < -0.39 is 8.15 Å². The van der Waals surface area contributed by atoms with Gasteiger partial charge in [-0.2, -0.15) is 0 Å². The molecule has 2 aromatic carbocycles. The fraction of sp³-hybridized carbons (Fsp3) is 0.167. The molecule has 0 aliphatic heterocycles. The molecule has 0 radical (unpaired) electrons. The van der Waals surface area contributed by atoms with Crippen LogP contribution in [0.2, 0.25) is 0 Å². The highest BCUT2D eigenvalue weighted by Gasteiger charge is 2.14. The van der Waals surface area contributed by atoms with E-state index in [1.807, 2.05) is 36.4 Å². The average Bonchev–Trinajstić information content (AvgIpc) is 2.56. The smallest absolute Gasteiger partial charge is 0.333 e. The zero-order valence-corrected chi connectivity index (χ0v) is 13.5. The monoisotopic (exact) mass is 314 g/mol. The second-order valence-electron chi connectivity index (χ2n) is 4.71. The molecule has 0 saturated heterocycles. The van der Waals surface area contributed by atoms with Crippen molar-refractivity contribution in [3.05, 3.63) is 72.8 Å². The second kappa shape index (κ2) is 8.47. The Balaban J connectivity index is 2.01. The van der Waals surface area contributed by atoms with E-state index in [1.54, 1.807) is 6.92 Å². The van der Waals surface area contributed by atoms with E-state index in [1.165, 1.54) is 0 Å². The molecule has 0 atom stereocenters. The average molecular weight is 314 g/mol. The number of rotatable bonds is 7. The summed E-state index contributed by atoms with van der Waals surface area (Å²) in [5, 5.41) is 2.27. The molecule has 0 amide bonds. The number of benzene rings is 2. The summed E-state index contributed by atoms with van der Waals surface area (Å²) in [6.45, 7) is 5.76. The molecule has 114 valence electrons. The van der Waals surface area contributed by atoms with Crippen molar-refractivity contribution >= 4 is 24.7 Å². The van der Waals surface area contributed by atoms with Crippen LogP contribution in [0.5, 0.6) is 0 Å². The minimum Gasteiger partial charge on any atom is -0.460 e. The molecule has 0 aliphatic rings. The van der Waals surface area contributed by atoms with Crippen molar-refractivity contribution in [3.8, 4) is 0 Å². The Morgan fingerprint density at radius 1 is 0.955 bits per heavy atom. The molecular formula is C18H19O3P. The summed E-state index contributed by atoms with van der Waals surface area (Å²) in [4.78, 5) is 11.4. The Morgan fingerprint density at radius 2 is 1.45 bits per heavy atom. The molecule has 0 N–H and O–H groups in total. The van der Waals surface area contributed by atoms with Gasteiger partial charge in [0.05, 0.1) is 14.8 Å². The molecule has 0 unspecified atom stereocenters. The fourth-order valence-electron chi connectivity index (χ4n) is 1.81. The van der Waals surface area contributed by atoms with Gasteiger partial charge in [0.1, 0.15) is 6.61 Å². The Hall–Kier alpha value is -1.96. The standard InChI is InChI=1S/C18H19O3P/c1-15(2)18(19)20-13-14-21-22(16-9-5-3-6-10-16)17-11-7-4-8-12-17/h3-12H,1,13-14H2,2H3. The van der Waals surface area contributed by atoms with E-state index in [9.17, 15) is 4.79 Å². The van der Waals surface area contributed by atoms with Gasteiger partial charge in [-0.05, 0) is 6.92 Å². The number of ether oxygens (including phenoxy) is 1. The van der Waals surface area contributed by atoms with Crippen LogP contribution >= 0.6 is 8.15 Å². The molecule has 0 saturated carbocycles. The first-order valence-corrected chi connectivity index (χ1v) is 8.30. The van der Waals surface area contributed by atoms with Gasteiger partial charge in [-0.25, -0.2) is 4.79 Å². The molecule has 0 fully saturated rings. The molecular weight excluding hydrogens is 295 g/mol. The van der Waals surface area contributed by atoms with Crippen LogP contribution in [0.3, 0.4) is 0 Å². The van der Waals surface area contributed by atoms with Crippen molar-refractivity contribution in [2.75, 3.05) is 13.2 Å². The molecule has 22 heavy (non-hydrogen) atoms. The molecule has 0 aliphatic carbocycles. The molecule has 2 aromatic rings. The highest BCUT2D eigenvalue weighted by molar-refractivity contribution is 7.68. The van der Waals surface area contributed by atoms with E-state index in [0.29, 0.717) is 12.2 Å². The van der Waals surface area contributed by atoms with Gasteiger partial charge in [0, 0.05) is 16.2 Å². The van der Waals surface area contributed by atoms with Crippen LogP contribution in [0.1, 0.15) is 6.92 Å². The zero-order valence-electron chi connectivity index (χ0n) is 12.6. The molecule has 2 rings (SSSR count). The third-order valence-electron chi connectivity index (χ3n) is 2.87. The van der Waals surface area contributed by atoms with Gasteiger partial charge in [-0.1, -0.05) is 67.2 Å². The van der Waals surface area contributed by atoms with Crippen LogP contribution in [0.15, 0.2) is 72.8 Å². The van der Waals surface area contributed by atoms with Crippen molar-refractivity contribution in [1.29, 1.82) is 0 Å². The number of hydrogen-bond acceptors (Lipinski definition) is 3. The SMILES string of the molecule is C=C(C)C(=O)OCCOP(c1ccccc1)c1ccccc1. The Labute approximate surface area is 132 Å². The topological polar surface area (TPSA) is 35.5 Å².